The first-order valence-electron chi connectivity index (χ1n) is 26.9. The number of esters is 1. The predicted octanol–water partition coefficient (Wildman–Crippen LogP) is 12.9. The van der Waals surface area contributed by atoms with Gasteiger partial charge in [0.05, 0.1) is 24.9 Å². The second-order valence-electron chi connectivity index (χ2n) is 19.5. The van der Waals surface area contributed by atoms with Gasteiger partial charge in [0.25, 0.3) is 0 Å². The van der Waals surface area contributed by atoms with E-state index < -0.39 is 54.4 Å². The van der Waals surface area contributed by atoms with Crippen LogP contribution in [0.4, 0.5) is 4.79 Å². The van der Waals surface area contributed by atoms with Crippen LogP contribution in [0.3, 0.4) is 0 Å². The van der Waals surface area contributed by atoms with Gasteiger partial charge in [-0.15, -0.1) is 0 Å². The molecule has 5 aromatic carbocycles. The molecule has 6 rings (SSSR count). The van der Waals surface area contributed by atoms with Crippen LogP contribution in [0.25, 0.3) is 0 Å². The van der Waals surface area contributed by atoms with Crippen LogP contribution >= 0.6 is 0 Å². The molecule has 394 valence electrons. The van der Waals surface area contributed by atoms with Crippen molar-refractivity contribution in [3.05, 3.63) is 179 Å². The van der Waals surface area contributed by atoms with Crippen molar-refractivity contribution < 1.29 is 48.2 Å². The number of unbranched alkanes of at least 4 members (excludes halogenated alkanes) is 11. The highest BCUT2D eigenvalue weighted by Gasteiger charge is 2.57. The van der Waals surface area contributed by atoms with E-state index in [0.717, 1.165) is 41.5 Å². The van der Waals surface area contributed by atoms with E-state index in [9.17, 15) is 19.8 Å². The zero-order valence-corrected chi connectivity index (χ0v) is 43.4. The molecule has 0 bridgehead atoms. The number of methoxy groups -OCH3 is 1. The lowest BCUT2D eigenvalue weighted by Crippen LogP contribution is -2.67. The van der Waals surface area contributed by atoms with Crippen molar-refractivity contribution in [2.75, 3.05) is 13.7 Å². The van der Waals surface area contributed by atoms with Crippen molar-refractivity contribution in [2.45, 2.75) is 178 Å². The molecule has 0 radical (unpaired) electrons. The molecule has 0 saturated carbocycles. The molecular formula is C62H81NO10. The summed E-state index contributed by atoms with van der Waals surface area (Å²) in [5.41, 5.74) is 3.87. The van der Waals surface area contributed by atoms with E-state index in [1.165, 1.54) is 64.9 Å². The highest BCUT2D eigenvalue weighted by molar-refractivity contribution is 5.89. The van der Waals surface area contributed by atoms with E-state index in [4.69, 9.17) is 28.4 Å². The maximum atomic E-state index is 14.6. The first kappa shape index (κ1) is 56.9. The maximum Gasteiger partial charge on any atom is 0.410 e. The topological polar surface area (TPSA) is 133 Å². The minimum Gasteiger partial charge on any atom is -0.459 e. The summed E-state index contributed by atoms with van der Waals surface area (Å²) >= 11 is 0. The lowest BCUT2D eigenvalue weighted by Gasteiger charge is -2.51. The molecule has 0 aromatic heterocycles. The van der Waals surface area contributed by atoms with E-state index in [-0.39, 0.29) is 52.2 Å². The number of hydrogen-bond donors (Lipinski definition) is 2. The van der Waals surface area contributed by atoms with Crippen LogP contribution in [0.5, 0.6) is 0 Å². The number of ether oxygens (including phenoxy) is 6. The Kier molecular flexibility index (Phi) is 25.0. The fourth-order valence-electron chi connectivity index (χ4n) is 9.73. The molecule has 1 amide bonds. The van der Waals surface area contributed by atoms with E-state index >= 15 is 0 Å². The predicted molar refractivity (Wildman–Crippen MR) is 285 cm³/mol. The maximum absolute atomic E-state index is 14.6. The van der Waals surface area contributed by atoms with Gasteiger partial charge in [0.2, 0.25) is 0 Å². The van der Waals surface area contributed by atoms with Crippen molar-refractivity contribution in [1.29, 1.82) is 0 Å². The fourth-order valence-corrected chi connectivity index (χ4v) is 9.73. The van der Waals surface area contributed by atoms with Gasteiger partial charge in [-0.1, -0.05) is 224 Å². The SMILES string of the molecule is CCCCCCCCCCCCCC[C@@H](O)C[C@H](CC[C@]1(OC)OC(COC(=O)c2ccccc2)[C@H](O)[C@H](OCc2ccccc2)C1OCc1ccccc1)N(Cc1ccccc1)C(=O)OCc1ccccc1. The minimum absolute atomic E-state index is 0.0708. The number of hydrogen-bond acceptors (Lipinski definition) is 10. The smallest absolute Gasteiger partial charge is 0.410 e. The average molecular weight is 1000 g/mol. The van der Waals surface area contributed by atoms with Gasteiger partial charge < -0.3 is 43.5 Å². The summed E-state index contributed by atoms with van der Waals surface area (Å²) in [4.78, 5) is 29.7. The number of benzene rings is 5. The molecule has 11 nitrogen and oxygen atoms in total. The number of carbonyl (C=O) groups excluding carboxylic acids is 2. The van der Waals surface area contributed by atoms with Crippen molar-refractivity contribution in [1.82, 2.24) is 4.90 Å². The molecule has 1 aliphatic rings. The van der Waals surface area contributed by atoms with Crippen LogP contribution in [0.1, 0.15) is 142 Å². The summed E-state index contributed by atoms with van der Waals surface area (Å²) in [5.74, 6) is -2.19. The number of aliphatic hydroxyl groups excluding tert-OH is 2. The van der Waals surface area contributed by atoms with Gasteiger partial charge in [-0.05, 0) is 53.6 Å². The van der Waals surface area contributed by atoms with Crippen LogP contribution in [0, 0.1) is 0 Å². The number of rotatable bonds is 33. The van der Waals surface area contributed by atoms with Gasteiger partial charge >= 0.3 is 12.1 Å². The molecule has 1 heterocycles. The van der Waals surface area contributed by atoms with Gasteiger partial charge in [0, 0.05) is 26.1 Å². The molecular weight excluding hydrogens is 919 g/mol. The summed E-state index contributed by atoms with van der Waals surface area (Å²) in [6.45, 7) is 2.50. The number of aliphatic hydroxyl groups is 2. The Balaban J connectivity index is 1.28. The molecule has 11 heteroatoms. The van der Waals surface area contributed by atoms with Gasteiger partial charge in [-0.3, -0.25) is 0 Å². The monoisotopic (exact) mass is 1000 g/mol. The van der Waals surface area contributed by atoms with Gasteiger partial charge in [0.1, 0.15) is 37.6 Å². The molecule has 2 N–H and O–H groups in total. The Morgan fingerprint density at radius 2 is 1.08 bits per heavy atom. The van der Waals surface area contributed by atoms with Crippen LogP contribution in [-0.4, -0.2) is 83.2 Å². The molecule has 1 aliphatic heterocycles. The Bertz CT molecular complexity index is 2240. The first-order chi connectivity index (χ1) is 35.8. The lowest BCUT2D eigenvalue weighted by molar-refractivity contribution is -0.374. The molecule has 0 spiro atoms. The summed E-state index contributed by atoms with van der Waals surface area (Å²) in [6.07, 6.45) is 10.1. The van der Waals surface area contributed by atoms with Gasteiger partial charge in [-0.2, -0.15) is 0 Å². The van der Waals surface area contributed by atoms with Crippen molar-refractivity contribution in [2.24, 2.45) is 0 Å². The summed E-state index contributed by atoms with van der Waals surface area (Å²) in [5, 5.41) is 24.2. The van der Waals surface area contributed by atoms with E-state index in [1.807, 2.05) is 127 Å². The molecule has 2 unspecified atom stereocenters. The van der Waals surface area contributed by atoms with Gasteiger partial charge in [-0.25, -0.2) is 9.59 Å². The highest BCUT2D eigenvalue weighted by Crippen LogP contribution is 2.40. The molecule has 1 fully saturated rings. The first-order valence-corrected chi connectivity index (χ1v) is 26.9. The number of nitrogens with zero attached hydrogens (tertiary/aromatic N) is 1. The Morgan fingerprint density at radius 3 is 1.62 bits per heavy atom. The number of amides is 1. The average Bonchev–Trinajstić information content (AvgIpc) is 3.43. The second kappa shape index (κ2) is 32.0. The zero-order chi connectivity index (χ0) is 51.4. The normalized spacial score (nSPS) is 19.5. The van der Waals surface area contributed by atoms with Crippen LogP contribution in [0.2, 0.25) is 0 Å². The molecule has 5 aromatic rings. The van der Waals surface area contributed by atoms with Crippen molar-refractivity contribution in [3.8, 4) is 0 Å². The van der Waals surface area contributed by atoms with E-state index in [0.29, 0.717) is 12.0 Å². The largest absolute Gasteiger partial charge is 0.459 e. The lowest BCUT2D eigenvalue weighted by atomic mass is 9.87. The van der Waals surface area contributed by atoms with E-state index in [2.05, 4.69) is 6.92 Å². The second-order valence-corrected chi connectivity index (χ2v) is 19.5. The Hall–Kier alpha value is -5.40. The van der Waals surface area contributed by atoms with E-state index in [1.54, 1.807) is 29.2 Å². The summed E-state index contributed by atoms with van der Waals surface area (Å²) in [7, 11) is 1.53. The highest BCUT2D eigenvalue weighted by atomic mass is 16.7. The quantitative estimate of drug-likeness (QED) is 0.0309. The van der Waals surface area contributed by atoms with Crippen LogP contribution in [0.15, 0.2) is 152 Å². The molecule has 7 atom stereocenters. The molecule has 0 aliphatic carbocycles. The number of carbonyl (C=O) groups is 2. The summed E-state index contributed by atoms with van der Waals surface area (Å²) < 4.78 is 38.9. The van der Waals surface area contributed by atoms with Crippen LogP contribution < -0.4 is 0 Å². The van der Waals surface area contributed by atoms with Crippen LogP contribution in [-0.2, 0) is 54.8 Å². The Morgan fingerprint density at radius 1 is 0.603 bits per heavy atom. The zero-order valence-electron chi connectivity index (χ0n) is 43.4. The van der Waals surface area contributed by atoms with Crippen molar-refractivity contribution >= 4 is 12.1 Å². The minimum atomic E-state index is -1.62. The standard InChI is InChI=1S/C62H81NO10/c1-3-4-5-6-7-8-9-10-11-12-13-29-40-55(64)43-54(63(44-49-30-19-14-20-31-49)61(67)72-47-52-36-25-17-26-37-52)41-42-62(68-2)59(70-46-51-34-23-16-24-35-51)58(69-45-50-32-21-15-22-33-50)57(65)56(73-62)48-71-60(66)53-38-27-18-28-39-53/h14-28,30-39,54-59,64-65H,3-13,29,40-48H2,1-2H3/t54-,55+,56?,57-,58-,59?,62-/m0/s1. The molecule has 1 saturated heterocycles. The third-order valence-corrected chi connectivity index (χ3v) is 13.9. The third kappa shape index (κ3) is 19.1. The third-order valence-electron chi connectivity index (χ3n) is 13.9. The van der Waals surface area contributed by atoms with Crippen molar-refractivity contribution in [3.63, 3.8) is 0 Å². The summed E-state index contributed by atoms with van der Waals surface area (Å²) in [6, 6.07) is 46.8. The van der Waals surface area contributed by atoms with Gasteiger partial charge in [0.15, 0.2) is 5.79 Å². The fraction of sp³-hybridized carbons (Fsp3) is 0.484. The Labute approximate surface area is 435 Å². The molecule has 73 heavy (non-hydrogen) atoms.